The lowest BCUT2D eigenvalue weighted by Crippen LogP contribution is -1.93. The van der Waals surface area contributed by atoms with E-state index in [1.54, 1.807) is 19.9 Å². The molecule has 0 aromatic rings. The molecule has 0 nitrogen and oxygen atoms in total. The Bertz CT molecular complexity index is 285. The van der Waals surface area contributed by atoms with E-state index in [1.165, 1.54) is 0 Å². The van der Waals surface area contributed by atoms with E-state index in [0.29, 0.717) is 17.6 Å². The minimum atomic E-state index is -0.635. The summed E-state index contributed by atoms with van der Waals surface area (Å²) in [6.07, 6.45) is 4.95. The van der Waals surface area contributed by atoms with Gasteiger partial charge >= 0.3 is 0 Å². The first-order valence-corrected chi connectivity index (χ1v) is 5.86. The molecule has 0 rings (SSSR count). The third kappa shape index (κ3) is 5.24. The van der Waals surface area contributed by atoms with Crippen molar-refractivity contribution in [3.63, 3.8) is 0 Å². The third-order valence-electron chi connectivity index (χ3n) is 2.57. The Hall–Kier alpha value is -0.920. The maximum atomic E-state index is 13.3. The second-order valence-corrected chi connectivity index (χ2v) is 3.95. The van der Waals surface area contributed by atoms with Crippen molar-refractivity contribution < 1.29 is 8.78 Å². The number of hydrogen-bond donors (Lipinski definition) is 0. The van der Waals surface area contributed by atoms with Crippen molar-refractivity contribution in [2.45, 2.75) is 46.5 Å². The van der Waals surface area contributed by atoms with Crippen LogP contribution in [-0.2, 0) is 0 Å². The van der Waals surface area contributed by atoms with Crippen LogP contribution in [0.25, 0.3) is 0 Å². The van der Waals surface area contributed by atoms with Crippen LogP contribution in [0, 0.1) is 0 Å². The Morgan fingerprint density at radius 1 is 1.31 bits per heavy atom. The van der Waals surface area contributed by atoms with Crippen molar-refractivity contribution >= 4 is 0 Å². The smallest absolute Gasteiger partial charge is 0.115 e. The maximum Gasteiger partial charge on any atom is 0.115 e. The second kappa shape index (κ2) is 8.26. The fourth-order valence-corrected chi connectivity index (χ4v) is 1.41. The molecule has 2 heteroatoms. The van der Waals surface area contributed by atoms with Gasteiger partial charge in [-0.3, -0.25) is 0 Å². The van der Waals surface area contributed by atoms with Gasteiger partial charge in [0.05, 0.1) is 0 Å². The van der Waals surface area contributed by atoms with Gasteiger partial charge in [0.25, 0.3) is 0 Å². The average molecular weight is 228 g/mol. The minimum Gasteiger partial charge on any atom is -0.246 e. The molecule has 0 aromatic carbocycles. The highest BCUT2D eigenvalue weighted by molar-refractivity contribution is 5.37. The summed E-state index contributed by atoms with van der Waals surface area (Å²) in [6.45, 7) is 8.66. The van der Waals surface area contributed by atoms with Crippen LogP contribution in [0.1, 0.15) is 46.5 Å². The Morgan fingerprint density at radius 3 is 2.38 bits per heavy atom. The Labute approximate surface area is 97.7 Å². The van der Waals surface area contributed by atoms with E-state index in [9.17, 15) is 8.78 Å². The number of alkyl halides is 1. The van der Waals surface area contributed by atoms with Gasteiger partial charge in [-0.05, 0) is 37.3 Å². The fourth-order valence-electron chi connectivity index (χ4n) is 1.41. The lowest BCUT2D eigenvalue weighted by atomic mass is 10.0. The quantitative estimate of drug-likeness (QED) is 0.520. The van der Waals surface area contributed by atoms with E-state index in [4.69, 9.17) is 0 Å². The van der Waals surface area contributed by atoms with Crippen LogP contribution in [0.5, 0.6) is 0 Å². The largest absolute Gasteiger partial charge is 0.246 e. The molecule has 16 heavy (non-hydrogen) atoms. The van der Waals surface area contributed by atoms with Crippen molar-refractivity contribution in [1.29, 1.82) is 0 Å². The second-order valence-electron chi connectivity index (χ2n) is 3.95. The fraction of sp³-hybridized carbons (Fsp3) is 0.571. The molecule has 0 aliphatic rings. The normalized spacial score (nSPS) is 13.7. The molecule has 0 atom stereocenters. The van der Waals surface area contributed by atoms with E-state index in [0.717, 1.165) is 24.8 Å². The van der Waals surface area contributed by atoms with Crippen LogP contribution >= 0.6 is 0 Å². The van der Waals surface area contributed by atoms with E-state index in [1.807, 2.05) is 0 Å². The standard InChI is InChI=1S/C14H22F2/c1-5-7-8-11(3)9-13(10-15)12(4)14(16)6-2/h9H,3,5-8,10H2,1-2,4H3/b13-9-,14-12+. The molecule has 0 saturated carbocycles. The van der Waals surface area contributed by atoms with Gasteiger partial charge in [0.1, 0.15) is 12.5 Å². The molecular weight excluding hydrogens is 206 g/mol. The van der Waals surface area contributed by atoms with Gasteiger partial charge < -0.3 is 0 Å². The number of rotatable bonds is 7. The van der Waals surface area contributed by atoms with Crippen LogP contribution in [0.15, 0.2) is 35.2 Å². The SMILES string of the molecule is C=C(/C=C(CF)\C(C)=C(\F)CC)CCCC. The summed E-state index contributed by atoms with van der Waals surface area (Å²) >= 11 is 0. The Morgan fingerprint density at radius 2 is 1.94 bits per heavy atom. The van der Waals surface area contributed by atoms with Crippen LogP contribution in [-0.4, -0.2) is 6.67 Å². The van der Waals surface area contributed by atoms with E-state index in [-0.39, 0.29) is 5.83 Å². The molecule has 0 spiro atoms. The third-order valence-corrected chi connectivity index (χ3v) is 2.57. The summed E-state index contributed by atoms with van der Waals surface area (Å²) < 4.78 is 26.1. The van der Waals surface area contributed by atoms with Gasteiger partial charge in [-0.1, -0.05) is 38.5 Å². The number of hydrogen-bond acceptors (Lipinski definition) is 0. The molecule has 0 bridgehead atoms. The number of unbranched alkanes of at least 4 members (excludes halogenated alkanes) is 1. The van der Waals surface area contributed by atoms with Crippen LogP contribution in [0.4, 0.5) is 8.78 Å². The first-order valence-electron chi connectivity index (χ1n) is 5.86. The predicted molar refractivity (Wildman–Crippen MR) is 66.8 cm³/mol. The van der Waals surface area contributed by atoms with Gasteiger partial charge in [-0.2, -0.15) is 0 Å². The molecule has 92 valence electrons. The molecule has 0 aliphatic heterocycles. The molecule has 0 aliphatic carbocycles. The van der Waals surface area contributed by atoms with Crippen molar-refractivity contribution in [3.05, 3.63) is 35.2 Å². The van der Waals surface area contributed by atoms with Gasteiger partial charge in [0.15, 0.2) is 0 Å². The molecule has 0 saturated heterocycles. The summed E-state index contributed by atoms with van der Waals surface area (Å²) in [5, 5.41) is 0. The first-order chi connectivity index (χ1) is 7.56. The zero-order valence-corrected chi connectivity index (χ0v) is 10.6. The van der Waals surface area contributed by atoms with Crippen LogP contribution < -0.4 is 0 Å². The van der Waals surface area contributed by atoms with Gasteiger partial charge in [-0.15, -0.1) is 0 Å². The molecule has 0 aromatic heterocycles. The summed E-state index contributed by atoms with van der Waals surface area (Å²) in [5.74, 6) is -0.243. The summed E-state index contributed by atoms with van der Waals surface area (Å²) in [7, 11) is 0. The number of halogens is 2. The van der Waals surface area contributed by atoms with E-state index >= 15 is 0 Å². The van der Waals surface area contributed by atoms with Crippen molar-refractivity contribution in [1.82, 2.24) is 0 Å². The van der Waals surface area contributed by atoms with Crippen LogP contribution in [0.2, 0.25) is 0 Å². The van der Waals surface area contributed by atoms with Crippen molar-refractivity contribution in [2.24, 2.45) is 0 Å². The molecule has 0 radical (unpaired) electrons. The van der Waals surface area contributed by atoms with Gasteiger partial charge in [0.2, 0.25) is 0 Å². The van der Waals surface area contributed by atoms with Crippen molar-refractivity contribution in [3.8, 4) is 0 Å². The van der Waals surface area contributed by atoms with Gasteiger partial charge in [0, 0.05) is 0 Å². The maximum absolute atomic E-state index is 13.3. The topological polar surface area (TPSA) is 0 Å². The first kappa shape index (κ1) is 15.1. The lowest BCUT2D eigenvalue weighted by molar-refractivity contribution is 0.536. The summed E-state index contributed by atoms with van der Waals surface area (Å²) in [4.78, 5) is 0. The average Bonchev–Trinajstić information content (AvgIpc) is 2.31. The Kier molecular flexibility index (Phi) is 7.78. The highest BCUT2D eigenvalue weighted by Gasteiger charge is 2.06. The summed E-state index contributed by atoms with van der Waals surface area (Å²) in [6, 6.07) is 0. The van der Waals surface area contributed by atoms with Gasteiger partial charge in [-0.25, -0.2) is 8.78 Å². The zero-order valence-electron chi connectivity index (χ0n) is 10.6. The highest BCUT2D eigenvalue weighted by atomic mass is 19.1. The molecule has 0 N–H and O–H groups in total. The van der Waals surface area contributed by atoms with E-state index < -0.39 is 6.67 Å². The Balaban J connectivity index is 4.72. The van der Waals surface area contributed by atoms with Crippen molar-refractivity contribution in [2.75, 3.05) is 6.67 Å². The van der Waals surface area contributed by atoms with Crippen LogP contribution in [0.3, 0.4) is 0 Å². The molecule has 0 amide bonds. The highest BCUT2D eigenvalue weighted by Crippen LogP contribution is 2.21. The molecule has 0 unspecified atom stereocenters. The number of allylic oxidation sites excluding steroid dienone is 5. The predicted octanol–water partition coefficient (Wildman–Crippen LogP) is 5.28. The molecular formula is C14H22F2. The zero-order chi connectivity index (χ0) is 12.6. The molecule has 0 heterocycles. The van der Waals surface area contributed by atoms with E-state index in [2.05, 4.69) is 13.5 Å². The summed E-state index contributed by atoms with van der Waals surface area (Å²) in [5.41, 5.74) is 1.71. The minimum absolute atomic E-state index is 0.243. The lowest BCUT2D eigenvalue weighted by Gasteiger charge is -2.07. The molecule has 0 fully saturated rings. The monoisotopic (exact) mass is 228 g/mol.